The second-order valence-corrected chi connectivity index (χ2v) is 6.57. The van der Waals surface area contributed by atoms with Gasteiger partial charge in [0.05, 0.1) is 15.7 Å². The first-order valence-corrected chi connectivity index (χ1v) is 8.14. The molecule has 0 radical (unpaired) electrons. The van der Waals surface area contributed by atoms with Crippen LogP contribution in [0.2, 0.25) is 0 Å². The lowest BCUT2D eigenvalue weighted by molar-refractivity contribution is 0.0944. The number of hydrogen-bond donors (Lipinski definition) is 1. The molecule has 1 amide bonds. The molecule has 1 aliphatic carbocycles. The van der Waals surface area contributed by atoms with Gasteiger partial charge in [0.2, 0.25) is 0 Å². The lowest BCUT2D eigenvalue weighted by atomic mass is 10.1. The van der Waals surface area contributed by atoms with E-state index in [1.54, 1.807) is 12.4 Å². The number of fused-ring (bicyclic) bond motifs is 1. The number of aromatic nitrogens is 2. The van der Waals surface area contributed by atoms with Crippen LogP contribution in [0.1, 0.15) is 28.9 Å². The van der Waals surface area contributed by atoms with Crippen LogP contribution in [0.4, 0.5) is 0 Å². The van der Waals surface area contributed by atoms with E-state index >= 15 is 0 Å². The third-order valence-corrected chi connectivity index (χ3v) is 5.05. The Morgan fingerprint density at radius 2 is 2.10 bits per heavy atom. The molecule has 0 saturated heterocycles. The van der Waals surface area contributed by atoms with Crippen LogP contribution in [-0.2, 0) is 13.0 Å². The van der Waals surface area contributed by atoms with Gasteiger partial charge in [-0.1, -0.05) is 0 Å². The summed E-state index contributed by atoms with van der Waals surface area (Å²) in [6.07, 6.45) is 7.10. The first-order valence-electron chi connectivity index (χ1n) is 7.35. The Labute approximate surface area is 131 Å². The average molecular weight is 346 g/mol. The highest BCUT2D eigenvalue weighted by molar-refractivity contribution is 9.10. The Hall–Kier alpha value is -1.62. The van der Waals surface area contributed by atoms with E-state index in [2.05, 4.69) is 30.8 Å². The van der Waals surface area contributed by atoms with E-state index < -0.39 is 0 Å². The summed E-state index contributed by atoms with van der Waals surface area (Å²) >= 11 is 3.67. The van der Waals surface area contributed by atoms with Gasteiger partial charge < -0.3 is 9.88 Å². The van der Waals surface area contributed by atoms with Gasteiger partial charge in [-0.05, 0) is 46.8 Å². The number of hydrogen-bond acceptors (Lipinski definition) is 2. The van der Waals surface area contributed by atoms with Crippen molar-refractivity contribution in [3.8, 4) is 11.3 Å². The van der Waals surface area contributed by atoms with Crippen LogP contribution >= 0.6 is 15.9 Å². The third kappa shape index (κ3) is 2.20. The Morgan fingerprint density at radius 1 is 1.33 bits per heavy atom. The minimum atomic E-state index is 0.0352. The zero-order chi connectivity index (χ0) is 14.4. The van der Waals surface area contributed by atoms with Crippen LogP contribution in [0.15, 0.2) is 29.0 Å². The molecule has 0 aromatic carbocycles. The molecule has 108 valence electrons. The number of halogens is 1. The quantitative estimate of drug-likeness (QED) is 0.929. The topological polar surface area (TPSA) is 46.9 Å². The minimum absolute atomic E-state index is 0.0352. The van der Waals surface area contributed by atoms with Crippen molar-refractivity contribution in [2.45, 2.75) is 25.8 Å². The average Bonchev–Trinajstić information content (AvgIpc) is 3.26. The predicted molar refractivity (Wildman–Crippen MR) is 84.1 cm³/mol. The van der Waals surface area contributed by atoms with E-state index in [4.69, 9.17) is 0 Å². The van der Waals surface area contributed by atoms with Crippen LogP contribution in [-0.4, -0.2) is 22.0 Å². The highest BCUT2D eigenvalue weighted by Crippen LogP contribution is 2.40. The van der Waals surface area contributed by atoms with E-state index in [1.807, 2.05) is 12.1 Å². The Kier molecular flexibility index (Phi) is 3.10. The summed E-state index contributed by atoms with van der Waals surface area (Å²) in [7, 11) is 0. The van der Waals surface area contributed by atoms with Crippen LogP contribution in [0.5, 0.6) is 0 Å². The number of rotatable bonds is 3. The fourth-order valence-corrected chi connectivity index (χ4v) is 3.91. The summed E-state index contributed by atoms with van der Waals surface area (Å²) in [4.78, 5) is 16.3. The van der Waals surface area contributed by atoms with Crippen molar-refractivity contribution in [2.24, 2.45) is 5.92 Å². The lowest BCUT2D eigenvalue weighted by Gasteiger charge is -2.17. The molecule has 21 heavy (non-hydrogen) atoms. The zero-order valence-corrected chi connectivity index (χ0v) is 13.2. The van der Waals surface area contributed by atoms with E-state index in [0.717, 1.165) is 46.7 Å². The third-order valence-electron chi connectivity index (χ3n) is 4.28. The Morgan fingerprint density at radius 3 is 2.81 bits per heavy atom. The SMILES string of the molecule is O=C1NCCc2c1c(Br)c(-c1ccncc1)n2CC1CC1. The maximum absolute atomic E-state index is 12.2. The van der Waals surface area contributed by atoms with E-state index in [-0.39, 0.29) is 5.91 Å². The molecule has 0 unspecified atom stereocenters. The standard InChI is InChI=1S/C16H16BrN3O/c17-14-13-12(5-8-19-16(13)21)20(9-10-1-2-10)15(14)11-3-6-18-7-4-11/h3-4,6-7,10H,1-2,5,8-9H2,(H,19,21). The monoisotopic (exact) mass is 345 g/mol. The fourth-order valence-electron chi connectivity index (χ4n) is 3.06. The van der Waals surface area contributed by atoms with Crippen molar-refractivity contribution in [2.75, 3.05) is 6.54 Å². The summed E-state index contributed by atoms with van der Waals surface area (Å²) in [6.45, 7) is 1.74. The van der Waals surface area contributed by atoms with Gasteiger partial charge in [-0.3, -0.25) is 9.78 Å². The summed E-state index contributed by atoms with van der Waals surface area (Å²) < 4.78 is 3.27. The van der Waals surface area contributed by atoms with Gasteiger partial charge in [0.15, 0.2) is 0 Å². The molecule has 0 spiro atoms. The minimum Gasteiger partial charge on any atom is -0.352 e. The summed E-state index contributed by atoms with van der Waals surface area (Å²) in [5.74, 6) is 0.798. The number of pyridine rings is 1. The predicted octanol–water partition coefficient (Wildman–Crippen LogP) is 3.01. The van der Waals surface area contributed by atoms with Gasteiger partial charge in [0.1, 0.15) is 0 Å². The van der Waals surface area contributed by atoms with Crippen molar-refractivity contribution >= 4 is 21.8 Å². The number of carbonyl (C=O) groups excluding carboxylic acids is 1. The Bertz CT molecular complexity index is 704. The largest absolute Gasteiger partial charge is 0.352 e. The lowest BCUT2D eigenvalue weighted by Crippen LogP contribution is -2.32. The van der Waals surface area contributed by atoms with Gasteiger partial charge in [-0.15, -0.1) is 0 Å². The molecule has 4 rings (SSSR count). The fraction of sp³-hybridized carbons (Fsp3) is 0.375. The highest BCUT2D eigenvalue weighted by Gasteiger charge is 2.32. The van der Waals surface area contributed by atoms with Crippen molar-refractivity contribution in [1.29, 1.82) is 0 Å². The second-order valence-electron chi connectivity index (χ2n) is 5.78. The normalized spacial score (nSPS) is 17.5. The molecule has 2 aliphatic rings. The molecule has 1 saturated carbocycles. The van der Waals surface area contributed by atoms with Gasteiger partial charge in [-0.25, -0.2) is 0 Å². The number of amides is 1. The molecule has 0 bridgehead atoms. The van der Waals surface area contributed by atoms with Crippen LogP contribution in [0, 0.1) is 5.92 Å². The van der Waals surface area contributed by atoms with Crippen molar-refractivity contribution in [3.05, 3.63) is 40.3 Å². The van der Waals surface area contributed by atoms with Crippen LogP contribution < -0.4 is 5.32 Å². The van der Waals surface area contributed by atoms with Crippen molar-refractivity contribution in [1.82, 2.24) is 14.9 Å². The van der Waals surface area contributed by atoms with Gasteiger partial charge in [-0.2, -0.15) is 0 Å². The number of carbonyl (C=O) groups is 1. The molecular formula is C16H16BrN3O. The molecule has 1 aliphatic heterocycles. The summed E-state index contributed by atoms with van der Waals surface area (Å²) in [5.41, 5.74) is 4.21. The first kappa shape index (κ1) is 13.1. The highest BCUT2D eigenvalue weighted by atomic mass is 79.9. The molecule has 5 heteroatoms. The molecule has 1 N–H and O–H groups in total. The molecule has 2 aromatic rings. The maximum atomic E-state index is 12.2. The number of nitrogens with one attached hydrogen (secondary N) is 1. The van der Waals surface area contributed by atoms with E-state index in [1.165, 1.54) is 18.5 Å². The number of nitrogens with zero attached hydrogens (tertiary/aromatic N) is 2. The molecule has 4 nitrogen and oxygen atoms in total. The molecule has 1 fully saturated rings. The molecule has 2 aromatic heterocycles. The second kappa shape index (κ2) is 4.98. The van der Waals surface area contributed by atoms with Gasteiger partial charge in [0, 0.05) is 43.2 Å². The molecule has 0 atom stereocenters. The van der Waals surface area contributed by atoms with Crippen LogP contribution in [0.3, 0.4) is 0 Å². The van der Waals surface area contributed by atoms with Gasteiger partial charge >= 0.3 is 0 Å². The maximum Gasteiger partial charge on any atom is 0.254 e. The molecule has 3 heterocycles. The summed E-state index contributed by atoms with van der Waals surface area (Å²) in [5, 5.41) is 2.95. The smallest absolute Gasteiger partial charge is 0.254 e. The van der Waals surface area contributed by atoms with Crippen LogP contribution in [0.25, 0.3) is 11.3 Å². The molecular weight excluding hydrogens is 330 g/mol. The first-order chi connectivity index (χ1) is 10.3. The van der Waals surface area contributed by atoms with E-state index in [0.29, 0.717) is 0 Å². The van der Waals surface area contributed by atoms with Gasteiger partial charge in [0.25, 0.3) is 5.91 Å². The van der Waals surface area contributed by atoms with Crippen molar-refractivity contribution < 1.29 is 4.79 Å². The van der Waals surface area contributed by atoms with Crippen molar-refractivity contribution in [3.63, 3.8) is 0 Å². The zero-order valence-electron chi connectivity index (χ0n) is 11.6. The Balaban J connectivity index is 1.93. The van der Waals surface area contributed by atoms with E-state index in [9.17, 15) is 4.79 Å². The summed E-state index contributed by atoms with van der Waals surface area (Å²) in [6, 6.07) is 4.01.